The zero-order valence-electron chi connectivity index (χ0n) is 10.3. The van der Waals surface area contributed by atoms with Crippen molar-refractivity contribution in [2.24, 2.45) is 0 Å². The highest BCUT2D eigenvalue weighted by atomic mass is 16.5. The Bertz CT molecular complexity index is 640. The van der Waals surface area contributed by atoms with E-state index in [0.29, 0.717) is 0 Å². The summed E-state index contributed by atoms with van der Waals surface area (Å²) in [5, 5.41) is 1.21. The van der Waals surface area contributed by atoms with E-state index in [4.69, 9.17) is 4.74 Å². The van der Waals surface area contributed by atoms with Gasteiger partial charge in [-0.05, 0) is 24.3 Å². The first kappa shape index (κ1) is 10.9. The van der Waals surface area contributed by atoms with E-state index in [1.54, 1.807) is 13.3 Å². The molecule has 0 saturated carbocycles. The second-order valence-corrected chi connectivity index (χ2v) is 4.23. The molecule has 2 aromatic heterocycles. The monoisotopic (exact) mass is 241 g/mol. The number of ether oxygens (including phenoxy) is 1. The fourth-order valence-electron chi connectivity index (χ4n) is 2.14. The lowest BCUT2D eigenvalue weighted by atomic mass is 10.2. The molecule has 0 aliphatic rings. The summed E-state index contributed by atoms with van der Waals surface area (Å²) in [5.41, 5.74) is 1.23. The van der Waals surface area contributed by atoms with Gasteiger partial charge in [0.1, 0.15) is 5.75 Å². The topological polar surface area (TPSA) is 32.0 Å². The van der Waals surface area contributed by atoms with E-state index < -0.39 is 0 Å². The average Bonchev–Trinajstić information content (AvgIpc) is 3.05. The molecule has 0 bridgehead atoms. The molecule has 18 heavy (non-hydrogen) atoms. The third-order valence-electron chi connectivity index (χ3n) is 3.14. The van der Waals surface area contributed by atoms with E-state index in [9.17, 15) is 0 Å². The molecule has 92 valence electrons. The van der Waals surface area contributed by atoms with E-state index in [-0.39, 0.29) is 0 Å². The Labute approximate surface area is 105 Å². The molecule has 0 fully saturated rings. The highest BCUT2D eigenvalue weighted by Gasteiger charge is 2.02. The summed E-state index contributed by atoms with van der Waals surface area (Å²) in [5.74, 6) is 0.898. The van der Waals surface area contributed by atoms with Crippen LogP contribution in [0.25, 0.3) is 10.9 Å². The van der Waals surface area contributed by atoms with Crippen LogP contribution < -0.4 is 4.74 Å². The van der Waals surface area contributed by atoms with Crippen molar-refractivity contribution in [3.8, 4) is 5.75 Å². The first-order chi connectivity index (χ1) is 8.86. The molecule has 4 nitrogen and oxygen atoms in total. The van der Waals surface area contributed by atoms with Crippen LogP contribution in [0.15, 0.2) is 49.2 Å². The zero-order valence-corrected chi connectivity index (χ0v) is 10.3. The standard InChI is InChI=1S/C14H15N3O/c1-18-13-2-3-14-12(10-13)4-6-17(14)9-8-16-7-5-15-11-16/h2-7,10-11H,8-9H2,1H3. The van der Waals surface area contributed by atoms with Gasteiger partial charge in [0.2, 0.25) is 0 Å². The molecule has 0 aliphatic carbocycles. The summed E-state index contributed by atoms with van der Waals surface area (Å²) in [6.07, 6.45) is 7.74. The van der Waals surface area contributed by atoms with Crippen LogP contribution in [0, 0.1) is 0 Å². The van der Waals surface area contributed by atoms with Crippen molar-refractivity contribution in [2.75, 3.05) is 7.11 Å². The normalized spacial score (nSPS) is 10.9. The summed E-state index contributed by atoms with van der Waals surface area (Å²) in [6, 6.07) is 8.27. The predicted octanol–water partition coefficient (Wildman–Crippen LogP) is 2.55. The summed E-state index contributed by atoms with van der Waals surface area (Å²) in [7, 11) is 1.69. The first-order valence-electron chi connectivity index (χ1n) is 5.95. The molecule has 0 N–H and O–H groups in total. The fraction of sp³-hybridized carbons (Fsp3) is 0.214. The second kappa shape index (κ2) is 4.56. The second-order valence-electron chi connectivity index (χ2n) is 4.23. The Morgan fingerprint density at radius 3 is 2.89 bits per heavy atom. The van der Waals surface area contributed by atoms with E-state index in [0.717, 1.165) is 18.8 Å². The number of aryl methyl sites for hydroxylation is 2. The summed E-state index contributed by atoms with van der Waals surface area (Å²) in [4.78, 5) is 4.04. The molecule has 0 saturated heterocycles. The molecule has 0 unspecified atom stereocenters. The number of fused-ring (bicyclic) bond motifs is 1. The van der Waals surface area contributed by atoms with Gasteiger partial charge in [-0.1, -0.05) is 0 Å². The highest BCUT2D eigenvalue weighted by molar-refractivity contribution is 5.81. The number of nitrogens with zero attached hydrogens (tertiary/aromatic N) is 3. The minimum Gasteiger partial charge on any atom is -0.497 e. The maximum Gasteiger partial charge on any atom is 0.119 e. The van der Waals surface area contributed by atoms with Crippen LogP contribution in [0.5, 0.6) is 5.75 Å². The van der Waals surface area contributed by atoms with Gasteiger partial charge in [0.15, 0.2) is 0 Å². The number of benzene rings is 1. The van der Waals surface area contributed by atoms with Crippen LogP contribution >= 0.6 is 0 Å². The summed E-state index contributed by atoms with van der Waals surface area (Å²) in [6.45, 7) is 1.86. The van der Waals surface area contributed by atoms with Gasteiger partial charge in [-0.15, -0.1) is 0 Å². The molecular weight excluding hydrogens is 226 g/mol. The van der Waals surface area contributed by atoms with Crippen molar-refractivity contribution in [2.45, 2.75) is 13.1 Å². The first-order valence-corrected chi connectivity index (χ1v) is 5.95. The molecule has 0 atom stereocenters. The highest BCUT2D eigenvalue weighted by Crippen LogP contribution is 2.21. The Kier molecular flexibility index (Phi) is 2.76. The number of aromatic nitrogens is 3. The van der Waals surface area contributed by atoms with E-state index in [1.807, 2.05) is 18.6 Å². The number of imidazole rings is 1. The van der Waals surface area contributed by atoms with Crippen molar-refractivity contribution in [3.63, 3.8) is 0 Å². The number of hydrogen-bond donors (Lipinski definition) is 0. The van der Waals surface area contributed by atoms with Gasteiger partial charge in [-0.2, -0.15) is 0 Å². The quantitative estimate of drug-likeness (QED) is 0.703. The van der Waals surface area contributed by atoms with Gasteiger partial charge < -0.3 is 13.9 Å². The van der Waals surface area contributed by atoms with Crippen molar-refractivity contribution < 1.29 is 4.74 Å². The SMILES string of the molecule is COc1ccc2c(ccn2CCn2ccnc2)c1. The Morgan fingerprint density at radius 2 is 2.11 bits per heavy atom. The predicted molar refractivity (Wildman–Crippen MR) is 70.7 cm³/mol. The molecule has 4 heteroatoms. The van der Waals surface area contributed by atoms with Crippen molar-refractivity contribution in [1.29, 1.82) is 0 Å². The van der Waals surface area contributed by atoms with Gasteiger partial charge in [0.25, 0.3) is 0 Å². The third-order valence-corrected chi connectivity index (χ3v) is 3.14. The van der Waals surface area contributed by atoms with Crippen LogP contribution in [0.4, 0.5) is 0 Å². The van der Waals surface area contributed by atoms with Crippen LogP contribution in [0.1, 0.15) is 0 Å². The fourth-order valence-corrected chi connectivity index (χ4v) is 2.14. The maximum absolute atomic E-state index is 5.23. The molecule has 0 amide bonds. The lowest BCUT2D eigenvalue weighted by Gasteiger charge is -2.06. The van der Waals surface area contributed by atoms with Gasteiger partial charge in [-0.25, -0.2) is 4.98 Å². The number of rotatable bonds is 4. The van der Waals surface area contributed by atoms with E-state index in [1.165, 1.54) is 10.9 Å². The van der Waals surface area contributed by atoms with E-state index in [2.05, 4.69) is 38.5 Å². The lowest BCUT2D eigenvalue weighted by Crippen LogP contribution is -2.04. The molecule has 1 aromatic carbocycles. The van der Waals surface area contributed by atoms with Gasteiger partial charge in [0.05, 0.1) is 13.4 Å². The van der Waals surface area contributed by atoms with Gasteiger partial charge in [0, 0.05) is 42.6 Å². The largest absolute Gasteiger partial charge is 0.497 e. The summed E-state index contributed by atoms with van der Waals surface area (Å²) >= 11 is 0. The number of hydrogen-bond acceptors (Lipinski definition) is 2. The Balaban J connectivity index is 1.84. The molecule has 3 rings (SSSR count). The Hall–Kier alpha value is -2.23. The molecule has 0 radical (unpaired) electrons. The maximum atomic E-state index is 5.23. The molecule has 0 spiro atoms. The van der Waals surface area contributed by atoms with Crippen LogP contribution in [0.2, 0.25) is 0 Å². The molecule has 3 aromatic rings. The lowest BCUT2D eigenvalue weighted by molar-refractivity contribution is 0.415. The Morgan fingerprint density at radius 1 is 1.17 bits per heavy atom. The zero-order chi connectivity index (χ0) is 12.4. The molecule has 0 aliphatic heterocycles. The minimum atomic E-state index is 0.898. The van der Waals surface area contributed by atoms with Crippen molar-refractivity contribution >= 4 is 10.9 Å². The molecule has 2 heterocycles. The van der Waals surface area contributed by atoms with E-state index >= 15 is 0 Å². The smallest absolute Gasteiger partial charge is 0.119 e. The van der Waals surface area contributed by atoms with Gasteiger partial charge in [-0.3, -0.25) is 0 Å². The third kappa shape index (κ3) is 1.97. The number of methoxy groups -OCH3 is 1. The van der Waals surface area contributed by atoms with Crippen LogP contribution in [-0.4, -0.2) is 21.2 Å². The summed E-state index contributed by atoms with van der Waals surface area (Å²) < 4.78 is 9.55. The average molecular weight is 241 g/mol. The minimum absolute atomic E-state index is 0.898. The van der Waals surface area contributed by atoms with Crippen LogP contribution in [-0.2, 0) is 13.1 Å². The molecular formula is C14H15N3O. The van der Waals surface area contributed by atoms with Crippen molar-refractivity contribution in [3.05, 3.63) is 49.2 Å². The van der Waals surface area contributed by atoms with Crippen LogP contribution in [0.3, 0.4) is 0 Å². The van der Waals surface area contributed by atoms with Gasteiger partial charge >= 0.3 is 0 Å². The van der Waals surface area contributed by atoms with Crippen molar-refractivity contribution in [1.82, 2.24) is 14.1 Å².